The van der Waals surface area contributed by atoms with Gasteiger partial charge in [0.25, 0.3) is 0 Å². The molecule has 2 fully saturated rings. The fourth-order valence-corrected chi connectivity index (χ4v) is 4.37. The minimum absolute atomic E-state index is 0.0478. The van der Waals surface area contributed by atoms with Gasteiger partial charge in [0.05, 0.1) is 18.7 Å². The molecule has 0 atom stereocenters. The highest BCUT2D eigenvalue weighted by Crippen LogP contribution is 2.40. The normalized spacial score (nSPS) is 20.9. The summed E-state index contributed by atoms with van der Waals surface area (Å²) in [5.74, 6) is 0.897. The fraction of sp³-hybridized carbons (Fsp3) is 0.632. The molecule has 138 valence electrons. The number of halogens is 1. The van der Waals surface area contributed by atoms with Crippen molar-refractivity contribution in [3.8, 4) is 5.75 Å². The number of aliphatic hydroxyl groups is 1. The van der Waals surface area contributed by atoms with Crippen LogP contribution in [0, 0.1) is 5.41 Å². The molecule has 3 rings (SSSR count). The van der Waals surface area contributed by atoms with Crippen molar-refractivity contribution in [2.24, 2.45) is 5.41 Å². The van der Waals surface area contributed by atoms with Crippen LogP contribution < -0.4 is 4.74 Å². The molecule has 2 aliphatic rings. The van der Waals surface area contributed by atoms with Gasteiger partial charge in [0, 0.05) is 26.1 Å². The number of benzene rings is 1. The van der Waals surface area contributed by atoms with Crippen molar-refractivity contribution in [1.29, 1.82) is 0 Å². The second kappa shape index (κ2) is 7.94. The number of amides is 1. The summed E-state index contributed by atoms with van der Waals surface area (Å²) in [5.41, 5.74) is 1.43. The van der Waals surface area contributed by atoms with Gasteiger partial charge < -0.3 is 14.7 Å². The first kappa shape index (κ1) is 18.5. The predicted octanol–water partition coefficient (Wildman–Crippen LogP) is 2.55. The Balaban J connectivity index is 1.56. The molecule has 0 saturated carbocycles. The molecule has 0 aromatic heterocycles. The zero-order valence-electron chi connectivity index (χ0n) is 14.8. The number of nitrogens with zero attached hydrogens (tertiary/aromatic N) is 2. The highest BCUT2D eigenvalue weighted by atomic mass is 35.5. The van der Waals surface area contributed by atoms with Crippen molar-refractivity contribution >= 4 is 17.5 Å². The Morgan fingerprint density at radius 2 is 2.04 bits per heavy atom. The van der Waals surface area contributed by atoms with Crippen LogP contribution in [0.1, 0.15) is 31.2 Å². The monoisotopic (exact) mass is 366 g/mol. The highest BCUT2D eigenvalue weighted by molar-refractivity contribution is 6.32. The minimum Gasteiger partial charge on any atom is -0.495 e. The molecule has 0 unspecified atom stereocenters. The first-order chi connectivity index (χ1) is 12.0. The molecule has 0 aliphatic carbocycles. The van der Waals surface area contributed by atoms with E-state index >= 15 is 0 Å². The van der Waals surface area contributed by atoms with E-state index in [-0.39, 0.29) is 17.9 Å². The molecule has 2 aliphatic heterocycles. The number of rotatable bonds is 5. The third-order valence-corrected chi connectivity index (χ3v) is 5.95. The van der Waals surface area contributed by atoms with Crippen molar-refractivity contribution in [3.63, 3.8) is 0 Å². The van der Waals surface area contributed by atoms with Gasteiger partial charge in [-0.25, -0.2) is 0 Å². The zero-order chi connectivity index (χ0) is 17.9. The molecular weight excluding hydrogens is 340 g/mol. The first-order valence-corrected chi connectivity index (χ1v) is 9.36. The third kappa shape index (κ3) is 4.27. The third-order valence-electron chi connectivity index (χ3n) is 5.66. The van der Waals surface area contributed by atoms with Crippen LogP contribution >= 0.6 is 11.6 Å². The lowest BCUT2D eigenvalue weighted by molar-refractivity contribution is -0.139. The number of β-amino-alcohol motifs (C(OH)–C–C–N with tert-alkyl or cyclic N) is 1. The maximum absolute atomic E-state index is 12.0. The number of carbonyl (C=O) groups excluding carboxylic acids is 1. The molecule has 0 bridgehead atoms. The summed E-state index contributed by atoms with van der Waals surface area (Å²) in [7, 11) is 1.62. The van der Waals surface area contributed by atoms with E-state index in [9.17, 15) is 4.79 Å². The van der Waals surface area contributed by atoms with Gasteiger partial charge in [-0.2, -0.15) is 0 Å². The molecule has 0 radical (unpaired) electrons. The first-order valence-electron chi connectivity index (χ1n) is 8.99. The summed E-state index contributed by atoms with van der Waals surface area (Å²) < 4.78 is 5.21. The molecule has 2 saturated heterocycles. The maximum atomic E-state index is 12.0. The Bertz CT molecular complexity index is 615. The predicted molar refractivity (Wildman–Crippen MR) is 97.8 cm³/mol. The smallest absolute Gasteiger partial charge is 0.222 e. The highest BCUT2D eigenvalue weighted by Gasteiger charge is 2.40. The zero-order valence-corrected chi connectivity index (χ0v) is 15.6. The number of methoxy groups -OCH3 is 1. The van der Waals surface area contributed by atoms with Crippen molar-refractivity contribution < 1.29 is 14.6 Å². The largest absolute Gasteiger partial charge is 0.495 e. The summed E-state index contributed by atoms with van der Waals surface area (Å²) in [5, 5.41) is 9.82. The van der Waals surface area contributed by atoms with Crippen LogP contribution in [0.3, 0.4) is 0 Å². The Morgan fingerprint density at radius 3 is 2.68 bits per heavy atom. The van der Waals surface area contributed by atoms with Gasteiger partial charge in [0.15, 0.2) is 0 Å². The molecule has 2 heterocycles. The summed E-state index contributed by atoms with van der Waals surface area (Å²) in [6.45, 7) is 4.27. The number of hydrogen-bond donors (Lipinski definition) is 1. The van der Waals surface area contributed by atoms with Gasteiger partial charge in [-0.05, 0) is 55.5 Å². The van der Waals surface area contributed by atoms with Gasteiger partial charge >= 0.3 is 0 Å². The summed E-state index contributed by atoms with van der Waals surface area (Å²) >= 11 is 6.22. The van der Waals surface area contributed by atoms with E-state index in [1.807, 2.05) is 17.0 Å². The van der Waals surface area contributed by atoms with Crippen molar-refractivity contribution in [2.75, 3.05) is 39.9 Å². The molecule has 1 spiro atoms. The number of ether oxygens (including phenoxy) is 1. The lowest BCUT2D eigenvalue weighted by Crippen LogP contribution is -2.51. The van der Waals surface area contributed by atoms with Crippen LogP contribution in [0.25, 0.3) is 0 Å². The second-order valence-corrected chi connectivity index (χ2v) is 7.69. The molecule has 1 aromatic rings. The topological polar surface area (TPSA) is 53.0 Å². The quantitative estimate of drug-likeness (QED) is 0.870. The molecule has 6 heteroatoms. The Hall–Kier alpha value is -1.30. The van der Waals surface area contributed by atoms with Crippen molar-refractivity contribution in [2.45, 2.75) is 32.2 Å². The van der Waals surface area contributed by atoms with E-state index in [1.165, 1.54) is 5.56 Å². The minimum atomic E-state index is 0.0478. The molecule has 5 nitrogen and oxygen atoms in total. The van der Waals surface area contributed by atoms with Crippen LogP contribution in [0.2, 0.25) is 5.02 Å². The number of carbonyl (C=O) groups is 1. The van der Waals surface area contributed by atoms with Gasteiger partial charge in [-0.15, -0.1) is 0 Å². The molecule has 1 N–H and O–H groups in total. The molecule has 1 aromatic carbocycles. The van der Waals surface area contributed by atoms with E-state index in [0.717, 1.165) is 45.4 Å². The van der Waals surface area contributed by atoms with Gasteiger partial charge in [-0.3, -0.25) is 9.69 Å². The van der Waals surface area contributed by atoms with Crippen molar-refractivity contribution in [3.05, 3.63) is 28.8 Å². The van der Waals surface area contributed by atoms with Crippen LogP contribution in [0.15, 0.2) is 18.2 Å². The molecule has 1 amide bonds. The fourth-order valence-electron chi connectivity index (χ4n) is 4.09. The van der Waals surface area contributed by atoms with Crippen molar-refractivity contribution in [1.82, 2.24) is 9.80 Å². The van der Waals surface area contributed by atoms with E-state index in [0.29, 0.717) is 23.7 Å². The van der Waals surface area contributed by atoms with Gasteiger partial charge in [0.1, 0.15) is 5.75 Å². The van der Waals surface area contributed by atoms with Crippen LogP contribution in [0.5, 0.6) is 5.75 Å². The Kier molecular flexibility index (Phi) is 5.87. The van der Waals surface area contributed by atoms with Crippen LogP contribution in [-0.4, -0.2) is 60.7 Å². The average Bonchev–Trinajstić information content (AvgIpc) is 2.61. The number of hydrogen-bond acceptors (Lipinski definition) is 4. The Morgan fingerprint density at radius 1 is 1.28 bits per heavy atom. The van der Waals surface area contributed by atoms with E-state index in [2.05, 4.69) is 11.0 Å². The SMILES string of the molecule is COc1ccc(CN2CCC3(CCC(=O)N(CCO)C3)CC2)cc1Cl. The molecular formula is C19H27ClN2O3. The van der Waals surface area contributed by atoms with E-state index in [4.69, 9.17) is 21.4 Å². The summed E-state index contributed by atoms with van der Waals surface area (Å²) in [4.78, 5) is 16.3. The molecule has 25 heavy (non-hydrogen) atoms. The average molecular weight is 367 g/mol. The summed E-state index contributed by atoms with van der Waals surface area (Å²) in [6.07, 6.45) is 3.81. The standard InChI is InChI=1S/C19H27ClN2O3/c1-25-17-3-2-15(12-16(17)20)13-21-8-6-19(7-9-21)5-4-18(24)22(14-19)10-11-23/h2-3,12,23H,4-11,13-14H2,1H3. The van der Waals surface area contributed by atoms with E-state index < -0.39 is 0 Å². The Labute approximate surface area is 154 Å². The van der Waals surface area contributed by atoms with Gasteiger partial charge in [0.2, 0.25) is 5.91 Å². The number of aliphatic hydroxyl groups excluding tert-OH is 1. The van der Waals surface area contributed by atoms with Crippen LogP contribution in [0.4, 0.5) is 0 Å². The lowest BCUT2D eigenvalue weighted by Gasteiger charge is -2.47. The maximum Gasteiger partial charge on any atom is 0.222 e. The lowest BCUT2D eigenvalue weighted by atomic mass is 9.72. The second-order valence-electron chi connectivity index (χ2n) is 7.28. The summed E-state index contributed by atoms with van der Waals surface area (Å²) in [6, 6.07) is 5.97. The number of likely N-dealkylation sites (tertiary alicyclic amines) is 2. The number of piperidine rings is 2. The van der Waals surface area contributed by atoms with E-state index in [1.54, 1.807) is 7.11 Å². The van der Waals surface area contributed by atoms with Crippen LogP contribution in [-0.2, 0) is 11.3 Å². The van der Waals surface area contributed by atoms with Gasteiger partial charge in [-0.1, -0.05) is 17.7 Å².